The number of nitrogens with zero attached hydrogens (tertiary/aromatic N) is 2. The average molecular weight is 211 g/mol. The van der Waals surface area contributed by atoms with Crippen LogP contribution in [0.3, 0.4) is 0 Å². The molecule has 1 aromatic rings. The molecule has 0 amide bonds. The lowest BCUT2D eigenvalue weighted by Crippen LogP contribution is -2.27. The molecule has 1 rings (SSSR count). The van der Waals surface area contributed by atoms with Crippen LogP contribution in [-0.2, 0) is 6.42 Å². The molecular formula is C11H21N3O. The van der Waals surface area contributed by atoms with E-state index in [0.29, 0.717) is 11.2 Å². The highest BCUT2D eigenvalue weighted by Gasteiger charge is 2.08. The molecule has 0 fully saturated rings. The third kappa shape index (κ3) is 5.52. The monoisotopic (exact) mass is 211 g/mol. The predicted molar refractivity (Wildman–Crippen MR) is 59.7 cm³/mol. The zero-order valence-electron chi connectivity index (χ0n) is 10.1. The van der Waals surface area contributed by atoms with E-state index in [1.807, 2.05) is 6.92 Å². The Kier molecular flexibility index (Phi) is 4.27. The van der Waals surface area contributed by atoms with Crippen molar-refractivity contribution < 1.29 is 4.52 Å². The van der Waals surface area contributed by atoms with Crippen LogP contribution >= 0.6 is 0 Å². The summed E-state index contributed by atoms with van der Waals surface area (Å²) in [6, 6.07) is 0. The van der Waals surface area contributed by atoms with Gasteiger partial charge in [0, 0.05) is 6.42 Å². The van der Waals surface area contributed by atoms with E-state index < -0.39 is 0 Å². The van der Waals surface area contributed by atoms with Gasteiger partial charge in [0.05, 0.1) is 0 Å². The molecule has 0 radical (unpaired) electrons. The van der Waals surface area contributed by atoms with E-state index in [-0.39, 0.29) is 0 Å². The molecule has 0 aliphatic carbocycles. The Hall–Kier alpha value is -0.900. The van der Waals surface area contributed by atoms with Gasteiger partial charge in [-0.05, 0) is 31.8 Å². The highest BCUT2D eigenvalue weighted by molar-refractivity contribution is 4.82. The summed E-state index contributed by atoms with van der Waals surface area (Å²) in [6.07, 6.45) is 1.90. The first-order valence-corrected chi connectivity index (χ1v) is 5.47. The molecule has 1 N–H and O–H groups in total. The molecule has 4 nitrogen and oxygen atoms in total. The number of rotatable bonds is 5. The molecule has 0 saturated carbocycles. The van der Waals surface area contributed by atoms with Crippen LogP contribution in [0.1, 0.15) is 38.9 Å². The van der Waals surface area contributed by atoms with E-state index in [4.69, 9.17) is 4.52 Å². The number of hydrogen-bond donors (Lipinski definition) is 1. The van der Waals surface area contributed by atoms with Crippen molar-refractivity contribution in [3.63, 3.8) is 0 Å². The number of aryl methyl sites for hydroxylation is 2. The van der Waals surface area contributed by atoms with Gasteiger partial charge in [-0.2, -0.15) is 4.98 Å². The van der Waals surface area contributed by atoms with Gasteiger partial charge >= 0.3 is 0 Å². The summed E-state index contributed by atoms with van der Waals surface area (Å²) in [6.45, 7) is 10.5. The van der Waals surface area contributed by atoms with Gasteiger partial charge in [-0.3, -0.25) is 0 Å². The maximum atomic E-state index is 5.02. The SMILES string of the molecule is Cc1noc(CCCNCC(C)(C)C)n1. The van der Waals surface area contributed by atoms with Crippen molar-refractivity contribution in [2.24, 2.45) is 5.41 Å². The first-order chi connectivity index (χ1) is 6.97. The minimum atomic E-state index is 0.348. The lowest BCUT2D eigenvalue weighted by molar-refractivity contribution is 0.360. The Bertz CT molecular complexity index is 288. The van der Waals surface area contributed by atoms with Crippen molar-refractivity contribution in [3.05, 3.63) is 11.7 Å². The molecule has 0 aromatic carbocycles. The van der Waals surface area contributed by atoms with Crippen molar-refractivity contribution in [2.45, 2.75) is 40.5 Å². The van der Waals surface area contributed by atoms with Gasteiger partial charge < -0.3 is 9.84 Å². The zero-order valence-corrected chi connectivity index (χ0v) is 10.1. The van der Waals surface area contributed by atoms with Gasteiger partial charge in [-0.1, -0.05) is 25.9 Å². The number of aromatic nitrogens is 2. The van der Waals surface area contributed by atoms with Gasteiger partial charge in [-0.15, -0.1) is 0 Å². The van der Waals surface area contributed by atoms with Crippen LogP contribution in [0.15, 0.2) is 4.52 Å². The topological polar surface area (TPSA) is 51.0 Å². The largest absolute Gasteiger partial charge is 0.339 e. The first-order valence-electron chi connectivity index (χ1n) is 5.47. The number of hydrogen-bond acceptors (Lipinski definition) is 4. The Morgan fingerprint density at radius 3 is 2.60 bits per heavy atom. The van der Waals surface area contributed by atoms with Crippen molar-refractivity contribution in [2.75, 3.05) is 13.1 Å². The summed E-state index contributed by atoms with van der Waals surface area (Å²) in [7, 11) is 0. The fraction of sp³-hybridized carbons (Fsp3) is 0.818. The third-order valence-electron chi connectivity index (χ3n) is 1.97. The summed E-state index contributed by atoms with van der Waals surface area (Å²) < 4.78 is 5.02. The molecule has 0 spiro atoms. The zero-order chi connectivity index (χ0) is 11.3. The second-order valence-corrected chi connectivity index (χ2v) is 5.08. The molecule has 86 valence electrons. The molecule has 0 atom stereocenters. The first kappa shape index (κ1) is 12.2. The molecule has 0 aliphatic rings. The average Bonchev–Trinajstić information content (AvgIpc) is 2.49. The van der Waals surface area contributed by atoms with E-state index in [9.17, 15) is 0 Å². The van der Waals surface area contributed by atoms with Gasteiger partial charge in [0.15, 0.2) is 5.82 Å². The fourth-order valence-electron chi connectivity index (χ4n) is 1.27. The third-order valence-corrected chi connectivity index (χ3v) is 1.97. The molecule has 0 aliphatic heterocycles. The van der Waals surface area contributed by atoms with E-state index >= 15 is 0 Å². The lowest BCUT2D eigenvalue weighted by Gasteiger charge is -2.18. The smallest absolute Gasteiger partial charge is 0.226 e. The predicted octanol–water partition coefficient (Wildman–Crippen LogP) is 1.95. The molecule has 0 unspecified atom stereocenters. The standard InChI is InChI=1S/C11H21N3O/c1-9-13-10(15-14-9)6-5-7-12-8-11(2,3)4/h12H,5-8H2,1-4H3. The maximum absolute atomic E-state index is 5.02. The van der Waals surface area contributed by atoms with Crippen LogP contribution in [0.4, 0.5) is 0 Å². The maximum Gasteiger partial charge on any atom is 0.226 e. The second kappa shape index (κ2) is 5.26. The normalized spacial score (nSPS) is 12.0. The fourth-order valence-corrected chi connectivity index (χ4v) is 1.27. The van der Waals surface area contributed by atoms with Crippen LogP contribution in [0.5, 0.6) is 0 Å². The summed E-state index contributed by atoms with van der Waals surface area (Å²) in [5.74, 6) is 1.46. The highest BCUT2D eigenvalue weighted by Crippen LogP contribution is 2.10. The van der Waals surface area contributed by atoms with Gasteiger partial charge in [0.1, 0.15) is 0 Å². The molecule has 4 heteroatoms. The van der Waals surface area contributed by atoms with E-state index in [1.165, 1.54) is 0 Å². The van der Waals surface area contributed by atoms with E-state index in [2.05, 4.69) is 36.2 Å². The van der Waals surface area contributed by atoms with Gasteiger partial charge in [0.25, 0.3) is 0 Å². The summed E-state index contributed by atoms with van der Waals surface area (Å²) >= 11 is 0. The lowest BCUT2D eigenvalue weighted by atomic mass is 9.97. The summed E-state index contributed by atoms with van der Waals surface area (Å²) in [5.41, 5.74) is 0.348. The van der Waals surface area contributed by atoms with Crippen LogP contribution in [-0.4, -0.2) is 23.2 Å². The molecule has 0 bridgehead atoms. The van der Waals surface area contributed by atoms with Crippen molar-refractivity contribution >= 4 is 0 Å². The Morgan fingerprint density at radius 2 is 2.07 bits per heavy atom. The van der Waals surface area contributed by atoms with Crippen LogP contribution in [0, 0.1) is 12.3 Å². The van der Waals surface area contributed by atoms with E-state index in [0.717, 1.165) is 31.8 Å². The van der Waals surface area contributed by atoms with Crippen molar-refractivity contribution in [3.8, 4) is 0 Å². The van der Waals surface area contributed by atoms with Crippen LogP contribution in [0.2, 0.25) is 0 Å². The Labute approximate surface area is 91.5 Å². The molecule has 0 saturated heterocycles. The van der Waals surface area contributed by atoms with Crippen molar-refractivity contribution in [1.82, 2.24) is 15.5 Å². The van der Waals surface area contributed by atoms with Crippen LogP contribution < -0.4 is 5.32 Å². The Balaban J connectivity index is 2.07. The Morgan fingerprint density at radius 1 is 1.33 bits per heavy atom. The van der Waals surface area contributed by atoms with Gasteiger partial charge in [-0.25, -0.2) is 0 Å². The minimum Gasteiger partial charge on any atom is -0.339 e. The van der Waals surface area contributed by atoms with Crippen LogP contribution in [0.25, 0.3) is 0 Å². The summed E-state index contributed by atoms with van der Waals surface area (Å²) in [5, 5.41) is 7.16. The number of nitrogens with one attached hydrogen (secondary N) is 1. The van der Waals surface area contributed by atoms with Crippen molar-refractivity contribution in [1.29, 1.82) is 0 Å². The van der Waals surface area contributed by atoms with E-state index in [1.54, 1.807) is 0 Å². The molecule has 1 heterocycles. The molecule has 15 heavy (non-hydrogen) atoms. The molecular weight excluding hydrogens is 190 g/mol. The quantitative estimate of drug-likeness (QED) is 0.756. The highest BCUT2D eigenvalue weighted by atomic mass is 16.5. The second-order valence-electron chi connectivity index (χ2n) is 5.08. The molecule has 1 aromatic heterocycles. The van der Waals surface area contributed by atoms with Gasteiger partial charge in [0.2, 0.25) is 5.89 Å². The minimum absolute atomic E-state index is 0.348. The summed E-state index contributed by atoms with van der Waals surface area (Å²) in [4.78, 5) is 4.15.